The van der Waals surface area contributed by atoms with Crippen LogP contribution in [0.25, 0.3) is 10.2 Å². The zero-order valence-corrected chi connectivity index (χ0v) is 14.2. The number of anilines is 1. The molecule has 2 heterocycles. The van der Waals surface area contributed by atoms with E-state index in [1.165, 1.54) is 0 Å². The van der Waals surface area contributed by atoms with E-state index in [4.69, 9.17) is 4.74 Å². The Morgan fingerprint density at radius 3 is 2.81 bits per heavy atom. The van der Waals surface area contributed by atoms with Gasteiger partial charge in [-0.3, -0.25) is 0 Å². The van der Waals surface area contributed by atoms with E-state index in [0.717, 1.165) is 47.9 Å². The second kappa shape index (κ2) is 7.18. The molecule has 5 heteroatoms. The molecule has 0 amide bonds. The summed E-state index contributed by atoms with van der Waals surface area (Å²) >= 11 is 1.65. The van der Waals surface area contributed by atoms with E-state index >= 15 is 0 Å². The fourth-order valence-electron chi connectivity index (χ4n) is 1.88. The maximum absolute atomic E-state index is 5.73. The van der Waals surface area contributed by atoms with Crippen LogP contribution in [0.4, 0.5) is 5.82 Å². The molecule has 0 aliphatic rings. The Morgan fingerprint density at radius 1 is 1.29 bits per heavy atom. The molecule has 0 atom stereocenters. The van der Waals surface area contributed by atoms with Crippen molar-refractivity contribution in [2.45, 2.75) is 47.1 Å². The summed E-state index contributed by atoms with van der Waals surface area (Å²) in [6.07, 6.45) is 2.11. The molecule has 1 N–H and O–H groups in total. The molecule has 0 fully saturated rings. The molecule has 4 nitrogen and oxygen atoms in total. The van der Waals surface area contributed by atoms with Crippen LogP contribution in [0.5, 0.6) is 0 Å². The van der Waals surface area contributed by atoms with Gasteiger partial charge in [0.2, 0.25) is 0 Å². The minimum Gasteiger partial charge on any atom is -0.373 e. The van der Waals surface area contributed by atoms with Crippen LogP contribution in [0.3, 0.4) is 0 Å². The van der Waals surface area contributed by atoms with Crippen LogP contribution in [-0.4, -0.2) is 23.1 Å². The highest BCUT2D eigenvalue weighted by Crippen LogP contribution is 2.25. The summed E-state index contributed by atoms with van der Waals surface area (Å²) < 4.78 is 5.73. The summed E-state index contributed by atoms with van der Waals surface area (Å²) in [7, 11) is 0. The summed E-state index contributed by atoms with van der Waals surface area (Å²) in [5, 5.41) is 6.54. The van der Waals surface area contributed by atoms with Crippen molar-refractivity contribution < 1.29 is 4.74 Å². The van der Waals surface area contributed by atoms with Gasteiger partial charge in [-0.1, -0.05) is 27.7 Å². The highest BCUT2D eigenvalue weighted by Gasteiger charge is 2.11. The summed E-state index contributed by atoms with van der Waals surface area (Å²) in [6, 6.07) is 2.07. The number of aromatic nitrogens is 2. The second-order valence-electron chi connectivity index (χ2n) is 6.42. The van der Waals surface area contributed by atoms with Crippen molar-refractivity contribution in [3.63, 3.8) is 0 Å². The van der Waals surface area contributed by atoms with Gasteiger partial charge in [0.1, 0.15) is 17.3 Å². The third-order valence-electron chi connectivity index (χ3n) is 3.14. The monoisotopic (exact) mass is 307 g/mol. The van der Waals surface area contributed by atoms with E-state index in [2.05, 4.69) is 54.4 Å². The SMILES string of the molecule is CCCNc1nc(COCCC(C)(C)C)nc2sccc12. The molecule has 0 radical (unpaired) electrons. The van der Waals surface area contributed by atoms with Gasteiger partial charge in [0.25, 0.3) is 0 Å². The van der Waals surface area contributed by atoms with Crippen LogP contribution in [0, 0.1) is 5.41 Å². The molecule has 2 aromatic rings. The van der Waals surface area contributed by atoms with Crippen LogP contribution in [-0.2, 0) is 11.3 Å². The molecule has 116 valence electrons. The zero-order chi connectivity index (χ0) is 15.3. The minimum absolute atomic E-state index is 0.298. The Balaban J connectivity index is 2.02. The highest BCUT2D eigenvalue weighted by atomic mass is 32.1. The first kappa shape index (κ1) is 16.2. The number of fused-ring (bicyclic) bond motifs is 1. The number of rotatable bonds is 7. The van der Waals surface area contributed by atoms with Crippen molar-refractivity contribution in [1.29, 1.82) is 0 Å². The van der Waals surface area contributed by atoms with Crippen molar-refractivity contribution in [3.05, 3.63) is 17.3 Å². The van der Waals surface area contributed by atoms with Gasteiger partial charge >= 0.3 is 0 Å². The molecule has 0 aliphatic heterocycles. The third-order valence-corrected chi connectivity index (χ3v) is 3.95. The molecule has 0 bridgehead atoms. The number of nitrogens with zero attached hydrogens (tertiary/aromatic N) is 2. The normalized spacial score (nSPS) is 12.0. The predicted molar refractivity (Wildman–Crippen MR) is 89.9 cm³/mol. The first-order chi connectivity index (χ1) is 9.99. The molecule has 0 spiro atoms. The first-order valence-electron chi connectivity index (χ1n) is 7.55. The number of ether oxygens (including phenoxy) is 1. The Labute approximate surface area is 131 Å². The number of hydrogen-bond donors (Lipinski definition) is 1. The van der Waals surface area contributed by atoms with E-state index < -0.39 is 0 Å². The van der Waals surface area contributed by atoms with Crippen LogP contribution in [0.2, 0.25) is 0 Å². The molecule has 2 aromatic heterocycles. The van der Waals surface area contributed by atoms with Crippen LogP contribution in [0.15, 0.2) is 11.4 Å². The molecule has 2 rings (SSSR count). The van der Waals surface area contributed by atoms with E-state index in [-0.39, 0.29) is 0 Å². The lowest BCUT2D eigenvalue weighted by atomic mass is 9.93. The van der Waals surface area contributed by atoms with Crippen molar-refractivity contribution >= 4 is 27.4 Å². The fraction of sp³-hybridized carbons (Fsp3) is 0.625. The number of nitrogens with one attached hydrogen (secondary N) is 1. The standard InChI is InChI=1S/C16H25N3OS/c1-5-8-17-14-12-6-10-21-15(12)19-13(18-14)11-20-9-7-16(2,3)4/h6,10H,5,7-9,11H2,1-4H3,(H,17,18,19). The average molecular weight is 307 g/mol. The molecule has 0 aliphatic carbocycles. The molecule has 21 heavy (non-hydrogen) atoms. The van der Waals surface area contributed by atoms with Crippen molar-refractivity contribution in [2.75, 3.05) is 18.5 Å². The van der Waals surface area contributed by atoms with Crippen molar-refractivity contribution in [1.82, 2.24) is 9.97 Å². The molecule has 0 aromatic carbocycles. The van der Waals surface area contributed by atoms with Gasteiger partial charge < -0.3 is 10.1 Å². The van der Waals surface area contributed by atoms with E-state index in [1.54, 1.807) is 11.3 Å². The Hall–Kier alpha value is -1.20. The van der Waals surface area contributed by atoms with Crippen LogP contribution in [0.1, 0.15) is 46.4 Å². The number of thiophene rings is 1. The Morgan fingerprint density at radius 2 is 2.10 bits per heavy atom. The van der Waals surface area contributed by atoms with E-state index in [1.807, 2.05) is 0 Å². The van der Waals surface area contributed by atoms with Gasteiger partial charge in [0.15, 0.2) is 5.82 Å². The van der Waals surface area contributed by atoms with Crippen molar-refractivity contribution in [3.8, 4) is 0 Å². The Bertz CT molecular complexity index is 574. The zero-order valence-electron chi connectivity index (χ0n) is 13.4. The van der Waals surface area contributed by atoms with Crippen LogP contribution >= 0.6 is 11.3 Å². The van der Waals surface area contributed by atoms with Gasteiger partial charge in [-0.2, -0.15) is 0 Å². The molecule has 0 unspecified atom stereocenters. The topological polar surface area (TPSA) is 47.0 Å². The van der Waals surface area contributed by atoms with E-state index in [9.17, 15) is 0 Å². The highest BCUT2D eigenvalue weighted by molar-refractivity contribution is 7.16. The molecule has 0 saturated carbocycles. The van der Waals surface area contributed by atoms with E-state index in [0.29, 0.717) is 12.0 Å². The summed E-state index contributed by atoms with van der Waals surface area (Å²) in [4.78, 5) is 10.2. The van der Waals surface area contributed by atoms with Gasteiger partial charge in [-0.15, -0.1) is 11.3 Å². The fourth-order valence-corrected chi connectivity index (χ4v) is 2.67. The summed E-state index contributed by atoms with van der Waals surface area (Å²) in [6.45, 7) is 11.0. The maximum Gasteiger partial charge on any atom is 0.158 e. The summed E-state index contributed by atoms with van der Waals surface area (Å²) in [5.74, 6) is 1.69. The van der Waals surface area contributed by atoms with Gasteiger partial charge in [-0.05, 0) is 29.7 Å². The lowest BCUT2D eigenvalue weighted by Crippen LogP contribution is -2.11. The smallest absolute Gasteiger partial charge is 0.158 e. The molecular formula is C16H25N3OS. The first-order valence-corrected chi connectivity index (χ1v) is 8.43. The molecular weight excluding hydrogens is 282 g/mol. The van der Waals surface area contributed by atoms with Gasteiger partial charge in [0.05, 0.1) is 5.39 Å². The Kier molecular flexibility index (Phi) is 5.53. The lowest BCUT2D eigenvalue weighted by Gasteiger charge is -2.17. The van der Waals surface area contributed by atoms with Crippen molar-refractivity contribution in [2.24, 2.45) is 5.41 Å². The predicted octanol–water partition coefficient (Wildman–Crippen LogP) is 4.47. The lowest BCUT2D eigenvalue weighted by molar-refractivity contribution is 0.0920. The minimum atomic E-state index is 0.298. The number of hydrogen-bond acceptors (Lipinski definition) is 5. The quantitative estimate of drug-likeness (QED) is 0.767. The largest absolute Gasteiger partial charge is 0.373 e. The molecule has 0 saturated heterocycles. The second-order valence-corrected chi connectivity index (χ2v) is 7.31. The van der Waals surface area contributed by atoms with Gasteiger partial charge in [0, 0.05) is 13.2 Å². The van der Waals surface area contributed by atoms with Crippen LogP contribution < -0.4 is 5.32 Å². The third kappa shape index (κ3) is 4.93. The average Bonchev–Trinajstić information content (AvgIpc) is 2.88. The maximum atomic E-state index is 5.73. The van der Waals surface area contributed by atoms with Gasteiger partial charge in [-0.25, -0.2) is 9.97 Å². The summed E-state index contributed by atoms with van der Waals surface area (Å²) in [5.41, 5.74) is 0.298.